The van der Waals surface area contributed by atoms with Gasteiger partial charge in [-0.3, -0.25) is 20.4 Å². The second-order valence-corrected chi connectivity index (χ2v) is 5.40. The number of rotatable bonds is 3. The molecule has 25 heavy (non-hydrogen) atoms. The van der Waals surface area contributed by atoms with Crippen molar-refractivity contribution in [3.8, 4) is 0 Å². The van der Waals surface area contributed by atoms with Gasteiger partial charge in [0.1, 0.15) is 0 Å². The lowest BCUT2D eigenvalue weighted by Crippen LogP contribution is -2.42. The second-order valence-electron chi connectivity index (χ2n) is 5.40. The third kappa shape index (κ3) is 4.50. The van der Waals surface area contributed by atoms with E-state index in [2.05, 4.69) is 5.43 Å². The highest BCUT2D eigenvalue weighted by Crippen LogP contribution is 2.31. The van der Waals surface area contributed by atoms with Crippen LogP contribution >= 0.6 is 0 Å². The molecule has 0 radical (unpaired) electrons. The van der Waals surface area contributed by atoms with Crippen molar-refractivity contribution in [1.82, 2.24) is 10.9 Å². The van der Waals surface area contributed by atoms with Crippen molar-refractivity contribution in [2.45, 2.75) is 6.18 Å². The molecule has 0 bridgehead atoms. The van der Waals surface area contributed by atoms with Crippen molar-refractivity contribution in [1.29, 1.82) is 0 Å². The zero-order chi connectivity index (χ0) is 18.6. The lowest BCUT2D eigenvalue weighted by molar-refractivity contribution is -0.137. The van der Waals surface area contributed by atoms with Gasteiger partial charge in [0.15, 0.2) is 0 Å². The normalized spacial score (nSPS) is 10.9. The number of alkyl halides is 3. The van der Waals surface area contributed by atoms with E-state index in [1.165, 1.54) is 18.2 Å². The number of benzene rings is 2. The number of halogens is 3. The van der Waals surface area contributed by atoms with Gasteiger partial charge in [-0.2, -0.15) is 13.2 Å². The number of anilines is 1. The Morgan fingerprint density at radius 3 is 2.20 bits per heavy atom. The molecule has 2 rings (SSSR count). The van der Waals surface area contributed by atoms with Gasteiger partial charge in [-0.15, -0.1) is 0 Å². The first-order chi connectivity index (χ1) is 11.7. The number of nitrogens with one attached hydrogen (secondary N) is 2. The highest BCUT2D eigenvalue weighted by Gasteiger charge is 2.34. The minimum absolute atomic E-state index is 0.260. The summed E-state index contributed by atoms with van der Waals surface area (Å²) in [5.41, 5.74) is 3.50. The standard InChI is InChI=1S/C17H16F3N3O2/c1-23(2)12-7-5-6-11(10-12)15(24)21-22-16(25)13-8-3-4-9-14(13)17(18,19)20/h3-10H,1-2H3,(H,21,24)(H,22,25). The van der Waals surface area contributed by atoms with Crippen LogP contribution in [-0.2, 0) is 6.18 Å². The van der Waals surface area contributed by atoms with E-state index in [-0.39, 0.29) is 5.56 Å². The molecule has 0 aliphatic heterocycles. The van der Waals surface area contributed by atoms with Crippen LogP contribution in [-0.4, -0.2) is 25.9 Å². The molecular weight excluding hydrogens is 335 g/mol. The average Bonchev–Trinajstić information content (AvgIpc) is 2.58. The van der Waals surface area contributed by atoms with Crippen LogP contribution in [0.5, 0.6) is 0 Å². The Balaban J connectivity index is 2.11. The fraction of sp³-hybridized carbons (Fsp3) is 0.176. The summed E-state index contributed by atoms with van der Waals surface area (Å²) in [5, 5.41) is 0. The fourth-order valence-corrected chi connectivity index (χ4v) is 2.11. The number of hydrazine groups is 1. The van der Waals surface area contributed by atoms with Gasteiger partial charge >= 0.3 is 6.18 Å². The summed E-state index contributed by atoms with van der Waals surface area (Å²) in [7, 11) is 3.60. The molecule has 2 aromatic carbocycles. The molecule has 0 aliphatic carbocycles. The van der Waals surface area contributed by atoms with Gasteiger partial charge in [-0.1, -0.05) is 18.2 Å². The molecule has 0 spiro atoms. The molecule has 0 fully saturated rings. The Bertz CT molecular complexity index is 789. The van der Waals surface area contributed by atoms with Crippen LogP contribution in [0, 0.1) is 0 Å². The molecule has 5 nitrogen and oxygen atoms in total. The number of hydrogen-bond donors (Lipinski definition) is 2. The largest absolute Gasteiger partial charge is 0.417 e. The zero-order valence-corrected chi connectivity index (χ0v) is 13.5. The fourth-order valence-electron chi connectivity index (χ4n) is 2.11. The van der Waals surface area contributed by atoms with Crippen molar-refractivity contribution in [2.24, 2.45) is 0 Å². The summed E-state index contributed by atoms with van der Waals surface area (Å²) in [4.78, 5) is 25.8. The van der Waals surface area contributed by atoms with Gasteiger partial charge in [0.05, 0.1) is 11.1 Å². The molecule has 0 aromatic heterocycles. The van der Waals surface area contributed by atoms with Gasteiger partial charge in [0.2, 0.25) is 0 Å². The maximum atomic E-state index is 12.9. The smallest absolute Gasteiger partial charge is 0.378 e. The number of hydrogen-bond acceptors (Lipinski definition) is 3. The minimum Gasteiger partial charge on any atom is -0.378 e. The quantitative estimate of drug-likeness (QED) is 0.836. The van der Waals surface area contributed by atoms with Gasteiger partial charge < -0.3 is 4.90 Å². The Morgan fingerprint density at radius 1 is 0.920 bits per heavy atom. The lowest BCUT2D eigenvalue weighted by atomic mass is 10.1. The molecule has 2 amide bonds. The third-order valence-corrected chi connectivity index (χ3v) is 3.39. The SMILES string of the molecule is CN(C)c1cccc(C(=O)NNC(=O)c2ccccc2C(F)(F)F)c1. The number of carbonyl (C=O) groups is 2. The van der Waals surface area contributed by atoms with Crippen molar-refractivity contribution in [3.63, 3.8) is 0 Å². The third-order valence-electron chi connectivity index (χ3n) is 3.39. The molecule has 2 aromatic rings. The van der Waals surface area contributed by atoms with Crippen LogP contribution in [0.4, 0.5) is 18.9 Å². The summed E-state index contributed by atoms with van der Waals surface area (Å²) >= 11 is 0. The van der Waals surface area contributed by atoms with E-state index >= 15 is 0 Å². The average molecular weight is 351 g/mol. The zero-order valence-electron chi connectivity index (χ0n) is 13.5. The monoisotopic (exact) mass is 351 g/mol. The predicted molar refractivity (Wildman–Crippen MR) is 87.1 cm³/mol. The molecule has 132 valence electrons. The van der Waals surface area contributed by atoms with Crippen LogP contribution in [0.25, 0.3) is 0 Å². The molecule has 0 saturated heterocycles. The maximum absolute atomic E-state index is 12.9. The van der Waals surface area contributed by atoms with Crippen LogP contribution < -0.4 is 15.8 Å². The Hall–Kier alpha value is -3.03. The Kier molecular flexibility index (Phi) is 5.31. The second kappa shape index (κ2) is 7.25. The van der Waals surface area contributed by atoms with Gasteiger partial charge in [0.25, 0.3) is 11.8 Å². The van der Waals surface area contributed by atoms with Gasteiger partial charge in [0, 0.05) is 25.3 Å². The molecule has 0 saturated carbocycles. The van der Waals surface area contributed by atoms with Crippen LogP contribution in [0.2, 0.25) is 0 Å². The van der Waals surface area contributed by atoms with Crippen molar-refractivity contribution >= 4 is 17.5 Å². The van der Waals surface area contributed by atoms with Crippen molar-refractivity contribution in [3.05, 3.63) is 65.2 Å². The summed E-state index contributed by atoms with van der Waals surface area (Å²) < 4.78 is 38.8. The Morgan fingerprint density at radius 2 is 1.56 bits per heavy atom. The summed E-state index contributed by atoms with van der Waals surface area (Å²) in [6.45, 7) is 0. The van der Waals surface area contributed by atoms with E-state index in [1.807, 2.05) is 5.43 Å². The van der Waals surface area contributed by atoms with E-state index in [1.54, 1.807) is 37.2 Å². The van der Waals surface area contributed by atoms with Crippen LogP contribution in [0.15, 0.2) is 48.5 Å². The number of carbonyl (C=O) groups excluding carboxylic acids is 2. The molecule has 8 heteroatoms. The van der Waals surface area contributed by atoms with Crippen LogP contribution in [0.3, 0.4) is 0 Å². The highest BCUT2D eigenvalue weighted by molar-refractivity contribution is 6.00. The lowest BCUT2D eigenvalue weighted by Gasteiger charge is -2.15. The molecule has 0 atom stereocenters. The first-order valence-corrected chi connectivity index (χ1v) is 7.24. The predicted octanol–water partition coefficient (Wildman–Crippen LogP) is 2.85. The molecule has 2 N–H and O–H groups in total. The van der Waals surface area contributed by atoms with E-state index in [9.17, 15) is 22.8 Å². The Labute approximate surface area is 142 Å². The van der Waals surface area contributed by atoms with Gasteiger partial charge in [-0.25, -0.2) is 0 Å². The molecule has 0 heterocycles. The minimum atomic E-state index is -4.67. The first kappa shape index (κ1) is 18.3. The summed E-state index contributed by atoms with van der Waals surface area (Å²) in [6, 6.07) is 10.9. The van der Waals surface area contributed by atoms with E-state index in [0.29, 0.717) is 0 Å². The highest BCUT2D eigenvalue weighted by atomic mass is 19.4. The molecule has 0 aliphatic rings. The summed E-state index contributed by atoms with van der Waals surface area (Å²) in [5.74, 6) is -1.69. The molecule has 0 unspecified atom stereocenters. The van der Waals surface area contributed by atoms with E-state index in [0.717, 1.165) is 17.8 Å². The summed E-state index contributed by atoms with van der Waals surface area (Å²) in [6.07, 6.45) is -4.67. The van der Waals surface area contributed by atoms with Crippen molar-refractivity contribution in [2.75, 3.05) is 19.0 Å². The van der Waals surface area contributed by atoms with Crippen molar-refractivity contribution < 1.29 is 22.8 Å². The van der Waals surface area contributed by atoms with E-state index in [4.69, 9.17) is 0 Å². The first-order valence-electron chi connectivity index (χ1n) is 7.24. The number of nitrogens with zero attached hydrogens (tertiary/aromatic N) is 1. The van der Waals surface area contributed by atoms with Crippen LogP contribution in [0.1, 0.15) is 26.3 Å². The maximum Gasteiger partial charge on any atom is 0.417 e. The number of amides is 2. The topological polar surface area (TPSA) is 61.4 Å². The van der Waals surface area contributed by atoms with Gasteiger partial charge in [-0.05, 0) is 30.3 Å². The molecular formula is C17H16F3N3O2. The van der Waals surface area contributed by atoms with E-state index < -0.39 is 29.1 Å².